The molecule has 1 aromatic heterocycles. The lowest BCUT2D eigenvalue weighted by Crippen LogP contribution is -2.33. The Morgan fingerprint density at radius 2 is 2.26 bits per heavy atom. The Kier molecular flexibility index (Phi) is 4.77. The third-order valence-corrected chi connectivity index (χ3v) is 3.81. The van der Waals surface area contributed by atoms with Crippen molar-refractivity contribution in [1.29, 1.82) is 0 Å². The van der Waals surface area contributed by atoms with Crippen LogP contribution >= 0.6 is 0 Å². The number of rotatable bonds is 5. The summed E-state index contributed by atoms with van der Waals surface area (Å²) in [7, 11) is 0. The van der Waals surface area contributed by atoms with Crippen LogP contribution in [0.15, 0.2) is 6.07 Å². The van der Waals surface area contributed by atoms with Crippen molar-refractivity contribution in [2.24, 2.45) is 5.73 Å². The Bertz CT molecular complexity index is 428. The van der Waals surface area contributed by atoms with E-state index >= 15 is 0 Å². The van der Waals surface area contributed by atoms with Crippen molar-refractivity contribution >= 4 is 5.69 Å². The predicted octanol–water partition coefficient (Wildman–Crippen LogP) is 2.16. The molecule has 1 fully saturated rings. The van der Waals surface area contributed by atoms with Crippen LogP contribution in [-0.2, 0) is 11.3 Å². The van der Waals surface area contributed by atoms with Gasteiger partial charge in [-0.3, -0.25) is 4.98 Å². The van der Waals surface area contributed by atoms with Crippen LogP contribution in [0.3, 0.4) is 0 Å². The second-order valence-electron chi connectivity index (χ2n) is 5.22. The fourth-order valence-corrected chi connectivity index (χ4v) is 2.80. The first-order chi connectivity index (χ1) is 9.15. The summed E-state index contributed by atoms with van der Waals surface area (Å²) in [5.41, 5.74) is 10.4. The number of aromatic nitrogens is 1. The van der Waals surface area contributed by atoms with Crippen molar-refractivity contribution in [3.05, 3.63) is 23.0 Å². The van der Waals surface area contributed by atoms with Crippen LogP contribution in [-0.4, -0.2) is 30.8 Å². The number of nitrogens with two attached hydrogens (primary N) is 1. The number of ether oxygens (including phenoxy) is 1. The molecule has 1 atom stereocenters. The van der Waals surface area contributed by atoms with Gasteiger partial charge in [0.1, 0.15) is 0 Å². The Balaban J connectivity index is 2.25. The number of pyridine rings is 1. The van der Waals surface area contributed by atoms with E-state index in [1.54, 1.807) is 0 Å². The summed E-state index contributed by atoms with van der Waals surface area (Å²) in [6.45, 7) is 9.62. The zero-order chi connectivity index (χ0) is 13.8. The summed E-state index contributed by atoms with van der Waals surface area (Å²) < 4.78 is 5.75. The Morgan fingerprint density at radius 3 is 2.84 bits per heavy atom. The molecule has 1 saturated heterocycles. The van der Waals surface area contributed by atoms with Gasteiger partial charge in [-0.05, 0) is 39.7 Å². The molecule has 19 heavy (non-hydrogen) atoms. The number of likely N-dealkylation sites (N-methyl/N-ethyl adjacent to an activating group) is 1. The predicted molar refractivity (Wildman–Crippen MR) is 78.5 cm³/mol. The van der Waals surface area contributed by atoms with E-state index in [-0.39, 0.29) is 0 Å². The molecular formula is C15H25N3O. The Hall–Kier alpha value is -1.13. The highest BCUT2D eigenvalue weighted by Gasteiger charge is 2.21. The molecule has 0 radical (unpaired) electrons. The highest BCUT2D eigenvalue weighted by Crippen LogP contribution is 2.25. The first-order valence-electron chi connectivity index (χ1n) is 7.19. The summed E-state index contributed by atoms with van der Waals surface area (Å²) in [5.74, 6) is 0. The fraction of sp³-hybridized carbons (Fsp3) is 0.667. The highest BCUT2D eigenvalue weighted by atomic mass is 16.5. The van der Waals surface area contributed by atoms with Crippen LogP contribution in [0.5, 0.6) is 0 Å². The van der Waals surface area contributed by atoms with E-state index in [0.29, 0.717) is 12.6 Å². The summed E-state index contributed by atoms with van der Waals surface area (Å²) in [4.78, 5) is 6.89. The summed E-state index contributed by atoms with van der Waals surface area (Å²) in [5, 5.41) is 0. The molecule has 1 aliphatic rings. The van der Waals surface area contributed by atoms with Gasteiger partial charge in [0.25, 0.3) is 0 Å². The minimum Gasteiger partial charge on any atom is -0.376 e. The van der Waals surface area contributed by atoms with E-state index in [1.807, 2.05) is 13.8 Å². The zero-order valence-corrected chi connectivity index (χ0v) is 12.3. The van der Waals surface area contributed by atoms with Gasteiger partial charge in [-0.25, -0.2) is 0 Å². The average Bonchev–Trinajstić information content (AvgIpc) is 2.88. The van der Waals surface area contributed by atoms with Gasteiger partial charge in [-0.2, -0.15) is 0 Å². The van der Waals surface area contributed by atoms with Crippen LogP contribution in [0.1, 0.15) is 36.7 Å². The molecule has 0 aromatic carbocycles. The summed E-state index contributed by atoms with van der Waals surface area (Å²) in [6.07, 6.45) is 2.71. The number of anilines is 1. The van der Waals surface area contributed by atoms with Crippen LogP contribution in [0.4, 0.5) is 5.69 Å². The lowest BCUT2D eigenvalue weighted by atomic mass is 10.1. The minimum atomic E-state index is 0.361. The third-order valence-electron chi connectivity index (χ3n) is 3.81. The van der Waals surface area contributed by atoms with Gasteiger partial charge in [-0.15, -0.1) is 0 Å². The summed E-state index contributed by atoms with van der Waals surface area (Å²) >= 11 is 0. The maximum atomic E-state index is 5.90. The second kappa shape index (κ2) is 6.35. The van der Waals surface area contributed by atoms with Crippen molar-refractivity contribution in [2.45, 2.75) is 46.3 Å². The van der Waals surface area contributed by atoms with E-state index in [1.165, 1.54) is 12.1 Å². The first-order valence-corrected chi connectivity index (χ1v) is 7.19. The SMILES string of the molecule is CCN(CC1CCCO1)c1cc(C)nc(C)c1CN. The largest absolute Gasteiger partial charge is 0.376 e. The summed E-state index contributed by atoms with van der Waals surface area (Å²) in [6, 6.07) is 2.15. The normalized spacial score (nSPS) is 18.8. The van der Waals surface area contributed by atoms with E-state index in [9.17, 15) is 0 Å². The minimum absolute atomic E-state index is 0.361. The third kappa shape index (κ3) is 3.25. The quantitative estimate of drug-likeness (QED) is 0.884. The number of hydrogen-bond donors (Lipinski definition) is 1. The second-order valence-corrected chi connectivity index (χ2v) is 5.22. The molecule has 1 aromatic rings. The van der Waals surface area contributed by atoms with Gasteiger partial charge in [-0.1, -0.05) is 0 Å². The molecule has 2 N–H and O–H groups in total. The van der Waals surface area contributed by atoms with Crippen molar-refractivity contribution in [2.75, 3.05) is 24.6 Å². The average molecular weight is 263 g/mol. The molecule has 1 aliphatic heterocycles. The molecule has 4 nitrogen and oxygen atoms in total. The van der Waals surface area contributed by atoms with Crippen LogP contribution < -0.4 is 10.6 Å². The molecule has 2 rings (SSSR count). The van der Waals surface area contributed by atoms with Gasteiger partial charge in [0, 0.05) is 48.9 Å². The zero-order valence-electron chi connectivity index (χ0n) is 12.3. The molecule has 1 unspecified atom stereocenters. The van der Waals surface area contributed by atoms with Crippen molar-refractivity contribution < 1.29 is 4.74 Å². The molecule has 4 heteroatoms. The maximum Gasteiger partial charge on any atom is 0.0750 e. The van der Waals surface area contributed by atoms with Gasteiger partial charge in [0.05, 0.1) is 6.10 Å². The standard InChI is InChI=1S/C15H25N3O/c1-4-18(10-13-6-5-7-19-13)15-8-11(2)17-12(3)14(15)9-16/h8,13H,4-7,9-10,16H2,1-3H3. The highest BCUT2D eigenvalue weighted by molar-refractivity contribution is 5.56. The number of hydrogen-bond acceptors (Lipinski definition) is 4. The molecule has 2 heterocycles. The number of nitrogens with zero attached hydrogens (tertiary/aromatic N) is 2. The van der Waals surface area contributed by atoms with E-state index in [2.05, 4.69) is 22.9 Å². The van der Waals surface area contributed by atoms with Crippen LogP contribution in [0, 0.1) is 13.8 Å². The first kappa shape index (κ1) is 14.3. The Morgan fingerprint density at radius 1 is 1.47 bits per heavy atom. The molecule has 0 saturated carbocycles. The fourth-order valence-electron chi connectivity index (χ4n) is 2.80. The van der Waals surface area contributed by atoms with Crippen molar-refractivity contribution in [3.8, 4) is 0 Å². The number of aryl methyl sites for hydroxylation is 2. The molecule has 0 spiro atoms. The lowest BCUT2D eigenvalue weighted by Gasteiger charge is -2.29. The lowest BCUT2D eigenvalue weighted by molar-refractivity contribution is 0.115. The van der Waals surface area contributed by atoms with E-state index in [0.717, 1.165) is 43.1 Å². The van der Waals surface area contributed by atoms with Crippen LogP contribution in [0.2, 0.25) is 0 Å². The van der Waals surface area contributed by atoms with Gasteiger partial charge in [0.15, 0.2) is 0 Å². The molecule has 106 valence electrons. The van der Waals surface area contributed by atoms with Gasteiger partial charge >= 0.3 is 0 Å². The van der Waals surface area contributed by atoms with E-state index < -0.39 is 0 Å². The molecular weight excluding hydrogens is 238 g/mol. The van der Waals surface area contributed by atoms with Crippen molar-refractivity contribution in [3.63, 3.8) is 0 Å². The topological polar surface area (TPSA) is 51.4 Å². The van der Waals surface area contributed by atoms with Gasteiger partial charge < -0.3 is 15.4 Å². The van der Waals surface area contributed by atoms with Crippen LogP contribution in [0.25, 0.3) is 0 Å². The van der Waals surface area contributed by atoms with E-state index in [4.69, 9.17) is 10.5 Å². The molecule has 0 amide bonds. The smallest absolute Gasteiger partial charge is 0.0750 e. The maximum absolute atomic E-state index is 5.90. The van der Waals surface area contributed by atoms with Crippen molar-refractivity contribution in [1.82, 2.24) is 4.98 Å². The molecule has 0 aliphatic carbocycles. The molecule has 0 bridgehead atoms. The Labute approximate surface area is 116 Å². The monoisotopic (exact) mass is 263 g/mol. The van der Waals surface area contributed by atoms with Gasteiger partial charge in [0.2, 0.25) is 0 Å².